The van der Waals surface area contributed by atoms with Gasteiger partial charge in [-0.1, -0.05) is 0 Å². The molecule has 1 aliphatic rings. The Morgan fingerprint density at radius 2 is 2.25 bits per heavy atom. The molecule has 0 radical (unpaired) electrons. The molecule has 1 amide bonds. The van der Waals surface area contributed by atoms with Gasteiger partial charge < -0.3 is 20.1 Å². The summed E-state index contributed by atoms with van der Waals surface area (Å²) in [6.07, 6.45) is 0.667. The van der Waals surface area contributed by atoms with Crippen LogP contribution in [0, 0.1) is 0 Å². The van der Waals surface area contributed by atoms with Crippen molar-refractivity contribution in [3.63, 3.8) is 0 Å². The van der Waals surface area contributed by atoms with E-state index in [1.54, 1.807) is 4.90 Å². The van der Waals surface area contributed by atoms with Gasteiger partial charge in [0.05, 0.1) is 6.61 Å². The van der Waals surface area contributed by atoms with Crippen LogP contribution in [-0.2, 0) is 4.74 Å². The molecular formula is C11H22N2O3. The van der Waals surface area contributed by atoms with Crippen LogP contribution in [0.15, 0.2) is 0 Å². The van der Waals surface area contributed by atoms with Crippen LogP contribution in [0.1, 0.15) is 27.2 Å². The van der Waals surface area contributed by atoms with Crippen molar-refractivity contribution in [3.05, 3.63) is 0 Å². The number of amides is 1. The van der Waals surface area contributed by atoms with Gasteiger partial charge in [0.15, 0.2) is 0 Å². The fourth-order valence-electron chi connectivity index (χ4n) is 1.69. The van der Waals surface area contributed by atoms with Gasteiger partial charge in [-0.25, -0.2) is 4.79 Å². The summed E-state index contributed by atoms with van der Waals surface area (Å²) in [6.45, 7) is 7.68. The van der Waals surface area contributed by atoms with Crippen LogP contribution in [-0.4, -0.2) is 54.0 Å². The molecule has 0 aromatic carbocycles. The summed E-state index contributed by atoms with van der Waals surface area (Å²) in [4.78, 5) is 13.4. The molecule has 1 heterocycles. The smallest absolute Gasteiger partial charge is 0.410 e. The summed E-state index contributed by atoms with van der Waals surface area (Å²) in [6, 6.07) is 0.277. The second-order valence-electron chi connectivity index (χ2n) is 5.09. The molecule has 1 saturated heterocycles. The standard InChI is InChI=1S/C11H22N2O3/c1-11(2,3)16-10(15)13-6-4-9(8-13)12-5-7-14/h9,12,14H,4-8H2,1-3H3/t9-/m1/s1. The van der Waals surface area contributed by atoms with E-state index in [-0.39, 0.29) is 18.7 Å². The third-order valence-corrected chi connectivity index (χ3v) is 2.38. The predicted molar refractivity (Wildman–Crippen MR) is 61.3 cm³/mol. The molecule has 0 spiro atoms. The summed E-state index contributed by atoms with van der Waals surface area (Å²) in [5.41, 5.74) is -0.437. The normalized spacial score (nSPS) is 21.2. The molecule has 0 unspecified atom stereocenters. The Kier molecular flexibility index (Phi) is 4.56. The number of aliphatic hydroxyl groups is 1. The number of hydrogen-bond donors (Lipinski definition) is 2. The first-order valence-corrected chi connectivity index (χ1v) is 5.74. The molecule has 0 aromatic rings. The summed E-state index contributed by atoms with van der Waals surface area (Å²) >= 11 is 0. The Balaban J connectivity index is 2.32. The second kappa shape index (κ2) is 5.50. The summed E-state index contributed by atoms with van der Waals surface area (Å²) in [7, 11) is 0. The van der Waals surface area contributed by atoms with Crippen LogP contribution in [0.25, 0.3) is 0 Å². The van der Waals surface area contributed by atoms with E-state index in [1.807, 2.05) is 20.8 Å². The average Bonchev–Trinajstić information content (AvgIpc) is 2.60. The lowest BCUT2D eigenvalue weighted by molar-refractivity contribution is 0.0291. The number of aliphatic hydroxyl groups excluding tert-OH is 1. The monoisotopic (exact) mass is 230 g/mol. The van der Waals surface area contributed by atoms with Crippen LogP contribution in [0.4, 0.5) is 4.79 Å². The Morgan fingerprint density at radius 1 is 1.56 bits per heavy atom. The average molecular weight is 230 g/mol. The maximum Gasteiger partial charge on any atom is 0.410 e. The number of nitrogens with zero attached hydrogens (tertiary/aromatic N) is 1. The minimum absolute atomic E-state index is 0.128. The summed E-state index contributed by atoms with van der Waals surface area (Å²) < 4.78 is 5.28. The van der Waals surface area contributed by atoms with Gasteiger partial charge >= 0.3 is 6.09 Å². The molecule has 1 aliphatic heterocycles. The Labute approximate surface area is 96.8 Å². The lowest BCUT2D eigenvalue weighted by Gasteiger charge is -2.24. The van der Waals surface area contributed by atoms with Crippen LogP contribution in [0.2, 0.25) is 0 Å². The quantitative estimate of drug-likeness (QED) is 0.744. The van der Waals surface area contributed by atoms with Gasteiger partial charge in [0.2, 0.25) is 0 Å². The van der Waals surface area contributed by atoms with E-state index in [9.17, 15) is 4.79 Å². The number of nitrogens with one attached hydrogen (secondary N) is 1. The van der Waals surface area contributed by atoms with Crippen molar-refractivity contribution in [2.45, 2.75) is 38.8 Å². The fraction of sp³-hybridized carbons (Fsp3) is 0.909. The number of carbonyl (C=O) groups is 1. The highest BCUT2D eigenvalue weighted by Crippen LogP contribution is 2.14. The number of carbonyl (C=O) groups excluding carboxylic acids is 1. The van der Waals surface area contributed by atoms with E-state index in [2.05, 4.69) is 5.32 Å². The van der Waals surface area contributed by atoms with E-state index < -0.39 is 5.60 Å². The SMILES string of the molecule is CC(C)(C)OC(=O)N1CC[C@@H](NCCO)C1. The highest BCUT2D eigenvalue weighted by molar-refractivity contribution is 5.68. The van der Waals surface area contributed by atoms with Crippen LogP contribution in [0.3, 0.4) is 0 Å². The first kappa shape index (κ1) is 13.3. The van der Waals surface area contributed by atoms with Crippen LogP contribution >= 0.6 is 0 Å². The molecule has 1 rings (SSSR count). The molecule has 0 saturated carbocycles. The van der Waals surface area contributed by atoms with Gasteiger partial charge in [0, 0.05) is 25.7 Å². The van der Waals surface area contributed by atoms with Crippen molar-refractivity contribution in [1.29, 1.82) is 0 Å². The molecule has 2 N–H and O–H groups in total. The molecule has 94 valence electrons. The van der Waals surface area contributed by atoms with Gasteiger partial charge in [-0.2, -0.15) is 0 Å². The molecule has 0 aromatic heterocycles. The first-order chi connectivity index (χ1) is 7.42. The zero-order valence-corrected chi connectivity index (χ0v) is 10.3. The van der Waals surface area contributed by atoms with Crippen molar-refractivity contribution in [2.24, 2.45) is 0 Å². The Bertz CT molecular complexity index is 238. The van der Waals surface area contributed by atoms with Crippen LogP contribution in [0.5, 0.6) is 0 Å². The molecule has 0 bridgehead atoms. The molecule has 5 nitrogen and oxygen atoms in total. The maximum absolute atomic E-state index is 11.7. The molecule has 1 atom stereocenters. The molecule has 1 fully saturated rings. The second-order valence-corrected chi connectivity index (χ2v) is 5.09. The number of rotatable bonds is 3. The van der Waals surface area contributed by atoms with Gasteiger partial charge in [0.1, 0.15) is 5.60 Å². The van der Waals surface area contributed by atoms with Gasteiger partial charge in [-0.05, 0) is 27.2 Å². The Morgan fingerprint density at radius 3 is 2.81 bits per heavy atom. The zero-order valence-electron chi connectivity index (χ0n) is 10.3. The first-order valence-electron chi connectivity index (χ1n) is 5.74. The van der Waals surface area contributed by atoms with E-state index in [4.69, 9.17) is 9.84 Å². The van der Waals surface area contributed by atoms with Crippen molar-refractivity contribution in [2.75, 3.05) is 26.2 Å². The van der Waals surface area contributed by atoms with E-state index in [0.29, 0.717) is 13.1 Å². The highest BCUT2D eigenvalue weighted by Gasteiger charge is 2.29. The number of likely N-dealkylation sites (tertiary alicyclic amines) is 1. The lowest BCUT2D eigenvalue weighted by Crippen LogP contribution is -2.38. The topological polar surface area (TPSA) is 61.8 Å². The van der Waals surface area contributed by atoms with Crippen LogP contribution < -0.4 is 5.32 Å². The van der Waals surface area contributed by atoms with E-state index in [1.165, 1.54) is 0 Å². The third-order valence-electron chi connectivity index (χ3n) is 2.38. The molecule has 0 aliphatic carbocycles. The highest BCUT2D eigenvalue weighted by atomic mass is 16.6. The minimum Gasteiger partial charge on any atom is -0.444 e. The molecule has 5 heteroatoms. The van der Waals surface area contributed by atoms with Crippen molar-refractivity contribution in [1.82, 2.24) is 10.2 Å². The maximum atomic E-state index is 11.7. The van der Waals surface area contributed by atoms with Gasteiger partial charge in [-0.3, -0.25) is 0 Å². The Hall–Kier alpha value is -0.810. The van der Waals surface area contributed by atoms with Crippen molar-refractivity contribution in [3.8, 4) is 0 Å². The predicted octanol–water partition coefficient (Wildman–Crippen LogP) is 0.578. The summed E-state index contributed by atoms with van der Waals surface area (Å²) in [5.74, 6) is 0. The zero-order chi connectivity index (χ0) is 12.2. The third kappa shape index (κ3) is 4.37. The minimum atomic E-state index is -0.437. The summed E-state index contributed by atoms with van der Waals surface area (Å²) in [5, 5.41) is 11.9. The lowest BCUT2D eigenvalue weighted by atomic mass is 10.2. The largest absolute Gasteiger partial charge is 0.444 e. The molecule has 16 heavy (non-hydrogen) atoms. The molecular weight excluding hydrogens is 208 g/mol. The van der Waals surface area contributed by atoms with Crippen molar-refractivity contribution < 1.29 is 14.6 Å². The number of hydrogen-bond acceptors (Lipinski definition) is 4. The van der Waals surface area contributed by atoms with Gasteiger partial charge in [0.25, 0.3) is 0 Å². The fourth-order valence-corrected chi connectivity index (χ4v) is 1.69. The van der Waals surface area contributed by atoms with Gasteiger partial charge in [-0.15, -0.1) is 0 Å². The number of ether oxygens (including phenoxy) is 1. The van der Waals surface area contributed by atoms with E-state index >= 15 is 0 Å². The van der Waals surface area contributed by atoms with Crippen molar-refractivity contribution >= 4 is 6.09 Å². The van der Waals surface area contributed by atoms with E-state index in [0.717, 1.165) is 13.0 Å².